The number of benzene rings is 3. The monoisotopic (exact) mass is 610 g/mol. The molecule has 3 aromatic carbocycles. The van der Waals surface area contributed by atoms with E-state index in [1.807, 2.05) is 25.1 Å². The van der Waals surface area contributed by atoms with Gasteiger partial charge in [0.2, 0.25) is 0 Å². The van der Waals surface area contributed by atoms with Crippen LogP contribution in [0.4, 0.5) is 24.5 Å². The summed E-state index contributed by atoms with van der Waals surface area (Å²) in [6.07, 6.45) is 0.0386. The molecule has 1 heterocycles. The molecule has 3 nitrogen and oxygen atoms in total. The average Bonchev–Trinajstić information content (AvgIpc) is 2.97. The van der Waals surface area contributed by atoms with Crippen molar-refractivity contribution in [3.05, 3.63) is 114 Å². The van der Waals surface area contributed by atoms with Gasteiger partial charge in [-0.3, -0.25) is 0 Å². The fraction of sp³-hybridized carbons (Fsp3) is 0.389. The van der Waals surface area contributed by atoms with Crippen LogP contribution in [0.25, 0.3) is 0 Å². The van der Waals surface area contributed by atoms with Crippen molar-refractivity contribution >= 4 is 20.6 Å². The maximum absolute atomic E-state index is 13.2. The van der Waals surface area contributed by atoms with Crippen molar-refractivity contribution in [1.29, 1.82) is 0 Å². The van der Waals surface area contributed by atoms with E-state index < -0.39 is 17.3 Å². The number of alkyl halides is 3. The Morgan fingerprint density at radius 3 is 2.21 bits per heavy atom. The van der Waals surface area contributed by atoms with Gasteiger partial charge in [0, 0.05) is 31.0 Å². The van der Waals surface area contributed by atoms with Crippen molar-refractivity contribution < 1.29 is 17.9 Å². The van der Waals surface area contributed by atoms with E-state index in [4.69, 9.17) is 4.74 Å². The van der Waals surface area contributed by atoms with Gasteiger partial charge in [-0.25, -0.2) is 0 Å². The highest BCUT2D eigenvalue weighted by Gasteiger charge is 2.40. The number of aryl methyl sites for hydroxylation is 1. The molecule has 3 aromatic rings. The van der Waals surface area contributed by atoms with Crippen molar-refractivity contribution in [1.82, 2.24) is 0 Å². The number of rotatable bonds is 11. The molecule has 232 valence electrons. The SMILES string of the molecule is C=C(C)P.C=C(CCCN(CCC)c1ccccc1C)C1(Oc2ccc(C(F)(F)F)cc2)CCCN(c2ccccc2)C1. The van der Waals surface area contributed by atoms with Gasteiger partial charge in [-0.2, -0.15) is 13.2 Å². The van der Waals surface area contributed by atoms with Crippen LogP contribution in [0.5, 0.6) is 5.75 Å². The van der Waals surface area contributed by atoms with Crippen molar-refractivity contribution in [2.24, 2.45) is 0 Å². The second-order valence-corrected chi connectivity index (χ2v) is 12.3. The number of hydrogen-bond donors (Lipinski definition) is 0. The number of anilines is 2. The van der Waals surface area contributed by atoms with Crippen LogP contribution in [0.1, 0.15) is 57.1 Å². The van der Waals surface area contributed by atoms with Crippen molar-refractivity contribution in [2.75, 3.05) is 36.0 Å². The van der Waals surface area contributed by atoms with E-state index in [1.165, 1.54) is 23.4 Å². The minimum atomic E-state index is -4.38. The molecule has 1 aliphatic heterocycles. The molecular formula is C36H46F3N2OP. The summed E-state index contributed by atoms with van der Waals surface area (Å²) in [6.45, 7) is 17.7. The quantitative estimate of drug-likeness (QED) is 0.159. The van der Waals surface area contributed by atoms with Gasteiger partial charge in [0.05, 0.1) is 12.1 Å². The van der Waals surface area contributed by atoms with E-state index in [0.717, 1.165) is 80.4 Å². The Hall–Kier alpha value is -3.24. The fourth-order valence-corrected chi connectivity index (χ4v) is 5.51. The van der Waals surface area contributed by atoms with Gasteiger partial charge in [-0.1, -0.05) is 61.8 Å². The van der Waals surface area contributed by atoms with E-state index in [1.54, 1.807) is 0 Å². The summed E-state index contributed by atoms with van der Waals surface area (Å²) in [5.41, 5.74) is 3.26. The maximum Gasteiger partial charge on any atom is 0.416 e. The fourth-order valence-electron chi connectivity index (χ4n) is 5.51. The third kappa shape index (κ3) is 10.2. The average molecular weight is 611 g/mol. The molecule has 0 radical (unpaired) electrons. The van der Waals surface area contributed by atoms with Crippen LogP contribution in [-0.2, 0) is 6.18 Å². The number of hydrogen-bond acceptors (Lipinski definition) is 3. The van der Waals surface area contributed by atoms with Crippen LogP contribution >= 0.6 is 9.24 Å². The van der Waals surface area contributed by atoms with Gasteiger partial charge in [0.15, 0.2) is 0 Å². The van der Waals surface area contributed by atoms with Gasteiger partial charge in [0.1, 0.15) is 11.4 Å². The highest BCUT2D eigenvalue weighted by molar-refractivity contribution is 7.22. The first-order chi connectivity index (χ1) is 20.4. The zero-order valence-electron chi connectivity index (χ0n) is 25.8. The lowest BCUT2D eigenvalue weighted by atomic mass is 9.83. The van der Waals surface area contributed by atoms with Crippen LogP contribution in [0.15, 0.2) is 103 Å². The number of halogens is 3. The van der Waals surface area contributed by atoms with Crippen molar-refractivity contribution in [2.45, 2.75) is 64.7 Å². The number of piperidine rings is 1. The predicted molar refractivity (Wildman–Crippen MR) is 179 cm³/mol. The third-order valence-corrected chi connectivity index (χ3v) is 7.57. The molecule has 2 atom stereocenters. The molecule has 0 spiro atoms. The molecule has 1 aliphatic rings. The summed E-state index contributed by atoms with van der Waals surface area (Å²) in [4.78, 5) is 4.73. The van der Waals surface area contributed by atoms with Crippen LogP contribution < -0.4 is 14.5 Å². The lowest BCUT2D eigenvalue weighted by Crippen LogP contribution is -2.53. The molecule has 43 heavy (non-hydrogen) atoms. The normalized spacial score (nSPS) is 16.6. The Morgan fingerprint density at radius 1 is 0.977 bits per heavy atom. The summed E-state index contributed by atoms with van der Waals surface area (Å²) in [5.74, 6) is 0.437. The van der Waals surface area contributed by atoms with Crippen LogP contribution in [0.2, 0.25) is 0 Å². The number of ether oxygens (including phenoxy) is 1. The van der Waals surface area contributed by atoms with E-state index >= 15 is 0 Å². The van der Waals surface area contributed by atoms with Crippen LogP contribution in [0.3, 0.4) is 0 Å². The first-order valence-electron chi connectivity index (χ1n) is 15.0. The standard InChI is InChI=1S/C33H39F3N2O.C3H7P/c1-4-22-37(31-16-9-8-12-26(31)2)23-10-13-27(3)32(39-30-19-17-28(18-20-30)33(34,35)36)21-11-24-38(25-32)29-14-6-5-7-15-29;1-3(2)4/h5-9,12,14-20H,3-4,10-11,13,21-25H2,1-2H3;1,4H2,2H3. The molecule has 1 saturated heterocycles. The van der Waals surface area contributed by atoms with Crippen LogP contribution in [-0.4, -0.2) is 31.8 Å². The minimum Gasteiger partial charge on any atom is -0.481 e. The highest BCUT2D eigenvalue weighted by atomic mass is 31.0. The lowest BCUT2D eigenvalue weighted by molar-refractivity contribution is -0.137. The van der Waals surface area contributed by atoms with Gasteiger partial charge >= 0.3 is 6.18 Å². The van der Waals surface area contributed by atoms with E-state index in [2.05, 4.69) is 82.4 Å². The molecular weight excluding hydrogens is 564 g/mol. The molecule has 0 aliphatic carbocycles. The summed E-state index contributed by atoms with van der Waals surface area (Å²) in [7, 11) is 2.46. The second-order valence-electron chi connectivity index (χ2n) is 11.3. The van der Waals surface area contributed by atoms with E-state index in [9.17, 15) is 13.2 Å². The maximum atomic E-state index is 13.2. The lowest BCUT2D eigenvalue weighted by Gasteiger charge is -2.45. The Morgan fingerprint density at radius 2 is 1.60 bits per heavy atom. The first-order valence-corrected chi connectivity index (χ1v) is 15.6. The molecule has 0 aromatic heterocycles. The number of allylic oxidation sites excluding steroid dienone is 1. The summed E-state index contributed by atoms with van der Waals surface area (Å²) in [5, 5.41) is 1.08. The van der Waals surface area contributed by atoms with Crippen LogP contribution in [0, 0.1) is 6.92 Å². The van der Waals surface area contributed by atoms with Gasteiger partial charge in [0.25, 0.3) is 0 Å². The molecule has 0 saturated carbocycles. The molecule has 4 rings (SSSR count). The smallest absolute Gasteiger partial charge is 0.416 e. The van der Waals surface area contributed by atoms with Gasteiger partial charge in [-0.15, -0.1) is 9.24 Å². The summed E-state index contributed by atoms with van der Waals surface area (Å²) < 4.78 is 46.1. The zero-order chi connectivity index (χ0) is 31.5. The molecule has 0 N–H and O–H groups in total. The Bertz CT molecular complexity index is 1310. The van der Waals surface area contributed by atoms with E-state index in [-0.39, 0.29) is 0 Å². The largest absolute Gasteiger partial charge is 0.481 e. The number of para-hydroxylation sites is 2. The minimum absolute atomic E-state index is 0.437. The van der Waals surface area contributed by atoms with Crippen molar-refractivity contribution in [3.63, 3.8) is 0 Å². The highest BCUT2D eigenvalue weighted by Crippen LogP contribution is 2.38. The van der Waals surface area contributed by atoms with Gasteiger partial charge < -0.3 is 14.5 Å². The second kappa shape index (κ2) is 16.0. The Balaban J connectivity index is 0.00000119. The van der Waals surface area contributed by atoms with Crippen molar-refractivity contribution in [3.8, 4) is 5.75 Å². The molecule has 0 amide bonds. The van der Waals surface area contributed by atoms with Gasteiger partial charge in [-0.05, 0) is 99.6 Å². The summed E-state index contributed by atoms with van der Waals surface area (Å²) in [6, 6.07) is 23.7. The molecule has 1 fully saturated rings. The zero-order valence-corrected chi connectivity index (χ0v) is 27.0. The number of nitrogens with zero attached hydrogens (tertiary/aromatic N) is 2. The Labute approximate surface area is 258 Å². The van der Waals surface area contributed by atoms with E-state index in [0.29, 0.717) is 12.3 Å². The third-order valence-electron chi connectivity index (χ3n) is 7.57. The first kappa shape index (κ1) is 34.3. The molecule has 7 heteroatoms. The Kier molecular flexibility index (Phi) is 12.7. The predicted octanol–water partition coefficient (Wildman–Crippen LogP) is 10.1. The molecule has 2 unspecified atom stereocenters. The topological polar surface area (TPSA) is 15.7 Å². The molecule has 0 bridgehead atoms. The summed E-state index contributed by atoms with van der Waals surface area (Å²) >= 11 is 0.